The topological polar surface area (TPSA) is 0 Å². The Hall–Kier alpha value is 0.566. The summed E-state index contributed by atoms with van der Waals surface area (Å²) >= 11 is -0.639. The lowest BCUT2D eigenvalue weighted by atomic mass is 10.1. The summed E-state index contributed by atoms with van der Waals surface area (Å²) in [4.78, 5) is 0. The number of rotatable bonds is 0. The van der Waals surface area contributed by atoms with Crippen molar-refractivity contribution < 1.29 is 0 Å². The molecule has 0 aliphatic rings. The normalized spacial score (nSPS) is 8.08. The van der Waals surface area contributed by atoms with Gasteiger partial charge in [0, 0.05) is 0 Å². The minimum Gasteiger partial charge on any atom is -0.309 e. The monoisotopic (exact) mass is 213 g/mol. The maximum atomic E-state index is 4.90. The largest absolute Gasteiger partial charge is 0.618 e. The van der Waals surface area contributed by atoms with Crippen molar-refractivity contribution in [3.05, 3.63) is 34.9 Å². The minimum atomic E-state index is -0.639. The third-order valence-corrected chi connectivity index (χ3v) is 1.28. The molecule has 0 fully saturated rings. The Morgan fingerprint density at radius 3 is 1.67 bits per heavy atom. The first-order valence-electron chi connectivity index (χ1n) is 3.69. The van der Waals surface area contributed by atoms with Crippen LogP contribution < -0.4 is 0 Å². The molecule has 0 N–H and O–H groups in total. The second-order valence-electron chi connectivity index (χ2n) is 2.62. The first kappa shape index (κ1) is 12.6. The van der Waals surface area contributed by atoms with Gasteiger partial charge in [0.1, 0.15) is 0 Å². The Kier molecular flexibility index (Phi) is 7.35. The Labute approximate surface area is 91.5 Å². The van der Waals surface area contributed by atoms with Crippen LogP contribution in [0.25, 0.3) is 0 Å². The summed E-state index contributed by atoms with van der Waals surface area (Å²) in [5.74, 6) is 0. The van der Waals surface area contributed by atoms with Crippen molar-refractivity contribution in [3.63, 3.8) is 0 Å². The fourth-order valence-corrected chi connectivity index (χ4v) is 1.11. The zero-order valence-electron chi connectivity index (χ0n) is 7.62. The van der Waals surface area contributed by atoms with Gasteiger partial charge in [0.05, 0.1) is 0 Å². The van der Waals surface area contributed by atoms with Gasteiger partial charge in [-0.1, -0.05) is 17.7 Å². The summed E-state index contributed by atoms with van der Waals surface area (Å²) in [6, 6.07) is 7.47. The predicted octanol–water partition coefficient (Wildman–Crippen LogP) is 3.41. The maximum Gasteiger partial charge on any atom is 0.618 e. The molecule has 0 unspecified atom stereocenters. The van der Waals surface area contributed by atoms with Crippen LogP contribution in [0, 0.1) is 26.8 Å². The first-order valence-corrected chi connectivity index (χ1v) is 7.97. The summed E-state index contributed by atoms with van der Waals surface area (Å²) in [5.41, 5.74) is 3.78. The molecule has 63 valence electrons. The summed E-state index contributed by atoms with van der Waals surface area (Å²) in [5, 5.41) is 0. The van der Waals surface area contributed by atoms with E-state index in [9.17, 15) is 0 Å². The average molecular weight is 214 g/mol. The van der Waals surface area contributed by atoms with Crippen molar-refractivity contribution in [1.82, 2.24) is 0 Å². The van der Waals surface area contributed by atoms with Gasteiger partial charge >= 0.3 is 18.2 Å². The van der Waals surface area contributed by atoms with Crippen molar-refractivity contribution in [2.45, 2.75) is 20.8 Å². The second kappa shape index (κ2) is 7.02. The SMILES string of the molecule is Cc1[c]c(C)cc(C)c1.[Cl][Mg][Cl]. The summed E-state index contributed by atoms with van der Waals surface area (Å²) < 4.78 is 0. The molecule has 0 bridgehead atoms. The Balaban J connectivity index is 0.000000354. The van der Waals surface area contributed by atoms with E-state index < -0.39 is 18.2 Å². The molecular weight excluding hydrogens is 203 g/mol. The van der Waals surface area contributed by atoms with Gasteiger partial charge in [0.15, 0.2) is 0 Å². The first-order chi connectivity index (χ1) is 5.60. The highest BCUT2D eigenvalue weighted by molar-refractivity contribution is 7.22. The van der Waals surface area contributed by atoms with Crippen molar-refractivity contribution in [2.75, 3.05) is 0 Å². The molecule has 0 aromatic heterocycles. The zero-order valence-corrected chi connectivity index (χ0v) is 10.5. The lowest BCUT2D eigenvalue weighted by molar-refractivity contribution is 1.31. The van der Waals surface area contributed by atoms with Crippen LogP contribution in [0.4, 0.5) is 0 Å². The van der Waals surface area contributed by atoms with Crippen LogP contribution in [0.15, 0.2) is 12.1 Å². The van der Waals surface area contributed by atoms with Gasteiger partial charge < -0.3 is 18.1 Å². The van der Waals surface area contributed by atoms with E-state index >= 15 is 0 Å². The number of halogens is 2. The van der Waals surface area contributed by atoms with Crippen LogP contribution in [0.1, 0.15) is 16.7 Å². The molecule has 0 spiro atoms. The smallest absolute Gasteiger partial charge is 0.309 e. The van der Waals surface area contributed by atoms with Gasteiger partial charge in [0.25, 0.3) is 0 Å². The predicted molar refractivity (Wildman–Crippen MR) is 56.9 cm³/mol. The summed E-state index contributed by atoms with van der Waals surface area (Å²) in [6.45, 7) is 6.24. The number of aryl methyl sites for hydroxylation is 3. The van der Waals surface area contributed by atoms with Gasteiger partial charge in [-0.3, -0.25) is 0 Å². The number of hydrogen-bond acceptors (Lipinski definition) is 0. The van der Waals surface area contributed by atoms with Crippen molar-refractivity contribution >= 4 is 36.3 Å². The standard InChI is InChI=1S/C9H11.2ClH.Mg/c1-7-4-8(2)6-9(3)5-7;;;/h4-5H,1-3H3;2*1H;/q;;;+2/p-2. The third-order valence-electron chi connectivity index (χ3n) is 1.28. The van der Waals surface area contributed by atoms with E-state index in [1.807, 2.05) is 0 Å². The van der Waals surface area contributed by atoms with Crippen LogP contribution in [0.3, 0.4) is 0 Å². The fraction of sp³-hybridized carbons (Fsp3) is 0.333. The summed E-state index contributed by atoms with van der Waals surface area (Å²) in [7, 11) is 9.81. The van der Waals surface area contributed by atoms with Crippen LogP contribution in [-0.2, 0) is 0 Å². The third kappa shape index (κ3) is 6.12. The molecule has 1 aromatic rings. The molecule has 0 aliphatic heterocycles. The molecule has 0 saturated carbocycles. The van der Waals surface area contributed by atoms with Crippen LogP contribution in [-0.4, -0.2) is 18.2 Å². The van der Waals surface area contributed by atoms with Crippen molar-refractivity contribution in [3.8, 4) is 0 Å². The summed E-state index contributed by atoms with van der Waals surface area (Å²) in [6.07, 6.45) is 0. The van der Waals surface area contributed by atoms with Gasteiger partial charge in [-0.05, 0) is 38.0 Å². The van der Waals surface area contributed by atoms with Gasteiger partial charge in [-0.25, -0.2) is 0 Å². The van der Waals surface area contributed by atoms with E-state index in [-0.39, 0.29) is 0 Å². The van der Waals surface area contributed by atoms with Crippen LogP contribution >= 0.6 is 18.1 Å². The lowest BCUT2D eigenvalue weighted by Gasteiger charge is -1.96. The van der Waals surface area contributed by atoms with E-state index in [2.05, 4.69) is 39.0 Å². The Bertz CT molecular complexity index is 185. The van der Waals surface area contributed by atoms with E-state index in [0.717, 1.165) is 0 Å². The minimum absolute atomic E-state index is 0.639. The number of benzene rings is 1. The molecule has 0 saturated heterocycles. The molecule has 0 amide bonds. The maximum absolute atomic E-state index is 4.90. The van der Waals surface area contributed by atoms with E-state index in [4.69, 9.17) is 18.1 Å². The highest BCUT2D eigenvalue weighted by Crippen LogP contribution is 2.05. The highest BCUT2D eigenvalue weighted by atomic mass is 35.6. The zero-order chi connectivity index (χ0) is 9.56. The molecule has 0 aliphatic carbocycles. The van der Waals surface area contributed by atoms with Gasteiger partial charge in [0.2, 0.25) is 0 Å². The Morgan fingerprint density at radius 2 is 1.42 bits per heavy atom. The molecule has 1 aromatic carbocycles. The highest BCUT2D eigenvalue weighted by Gasteiger charge is 1.88. The molecule has 1 radical (unpaired) electrons. The van der Waals surface area contributed by atoms with E-state index in [1.165, 1.54) is 16.7 Å². The van der Waals surface area contributed by atoms with Gasteiger partial charge in [-0.15, -0.1) is 0 Å². The van der Waals surface area contributed by atoms with Crippen LogP contribution in [0.2, 0.25) is 0 Å². The molecule has 0 nitrogen and oxygen atoms in total. The second-order valence-corrected chi connectivity index (χ2v) is 5.25. The fourth-order valence-electron chi connectivity index (χ4n) is 1.11. The van der Waals surface area contributed by atoms with E-state index in [1.54, 1.807) is 0 Å². The molecule has 1 rings (SSSR count). The molecule has 0 heterocycles. The molecule has 3 heteroatoms. The van der Waals surface area contributed by atoms with E-state index in [0.29, 0.717) is 0 Å². The average Bonchev–Trinajstić information content (AvgIpc) is 1.84. The van der Waals surface area contributed by atoms with Gasteiger partial charge in [-0.2, -0.15) is 0 Å². The van der Waals surface area contributed by atoms with Crippen LogP contribution in [0.5, 0.6) is 0 Å². The molecule has 12 heavy (non-hydrogen) atoms. The lowest BCUT2D eigenvalue weighted by Crippen LogP contribution is -1.79. The number of hydrogen-bond donors (Lipinski definition) is 0. The quantitative estimate of drug-likeness (QED) is 0.581. The van der Waals surface area contributed by atoms with Crippen molar-refractivity contribution in [1.29, 1.82) is 0 Å². The van der Waals surface area contributed by atoms with Crippen molar-refractivity contribution in [2.24, 2.45) is 0 Å². The Morgan fingerprint density at radius 1 is 1.08 bits per heavy atom. The molecule has 0 atom stereocenters. The molecular formula is C9H11Cl2Mg.